The third kappa shape index (κ3) is 3.45. The Labute approximate surface area is 117 Å². The lowest BCUT2D eigenvalue weighted by atomic mass is 10.2. The third-order valence-corrected chi connectivity index (χ3v) is 3.94. The minimum absolute atomic E-state index is 0.458. The van der Waals surface area contributed by atoms with Gasteiger partial charge in [0.2, 0.25) is 0 Å². The van der Waals surface area contributed by atoms with E-state index >= 15 is 0 Å². The maximum atomic E-state index is 5.86. The van der Waals surface area contributed by atoms with Gasteiger partial charge in [0.25, 0.3) is 0 Å². The molecule has 1 aromatic carbocycles. The monoisotopic (exact) mass is 331 g/mol. The van der Waals surface area contributed by atoms with Gasteiger partial charge < -0.3 is 10.5 Å². The van der Waals surface area contributed by atoms with Crippen molar-refractivity contribution in [3.05, 3.63) is 49.6 Å². The molecule has 5 heteroatoms. The van der Waals surface area contributed by atoms with Crippen molar-refractivity contribution in [2.75, 3.05) is 0 Å². The normalized spacial score (nSPS) is 10.5. The van der Waals surface area contributed by atoms with Gasteiger partial charge in [-0.05, 0) is 30.3 Å². The molecule has 0 unspecified atom stereocenters. The van der Waals surface area contributed by atoms with Crippen molar-refractivity contribution < 1.29 is 4.74 Å². The molecule has 1 heterocycles. The van der Waals surface area contributed by atoms with Crippen molar-refractivity contribution in [1.82, 2.24) is 0 Å². The van der Waals surface area contributed by atoms with E-state index in [2.05, 4.69) is 15.9 Å². The highest BCUT2D eigenvalue weighted by Crippen LogP contribution is 2.26. The van der Waals surface area contributed by atoms with Crippen molar-refractivity contribution >= 4 is 38.9 Å². The van der Waals surface area contributed by atoms with Gasteiger partial charge in [-0.2, -0.15) is 0 Å². The summed E-state index contributed by atoms with van der Waals surface area (Å²) in [5.41, 5.74) is 6.66. The van der Waals surface area contributed by atoms with Gasteiger partial charge >= 0.3 is 0 Å². The standard InChI is InChI=1S/C12H11BrClNOS/c13-9-1-3-11(8(5-9)6-15)16-7-10-2-4-12(14)17-10/h1-5H,6-7,15H2. The van der Waals surface area contributed by atoms with E-state index in [4.69, 9.17) is 22.1 Å². The second-order valence-electron chi connectivity index (χ2n) is 3.45. The molecule has 0 radical (unpaired) electrons. The fraction of sp³-hybridized carbons (Fsp3) is 0.167. The fourth-order valence-corrected chi connectivity index (χ4v) is 2.84. The molecular formula is C12H11BrClNOS. The summed E-state index contributed by atoms with van der Waals surface area (Å²) in [6.45, 7) is 0.978. The average Bonchev–Trinajstić information content (AvgIpc) is 2.73. The van der Waals surface area contributed by atoms with Crippen LogP contribution >= 0.6 is 38.9 Å². The Morgan fingerprint density at radius 2 is 2.12 bits per heavy atom. The molecule has 0 saturated heterocycles. The molecule has 0 amide bonds. The van der Waals surface area contributed by atoms with Gasteiger partial charge in [0.1, 0.15) is 12.4 Å². The van der Waals surface area contributed by atoms with Gasteiger partial charge in [-0.1, -0.05) is 27.5 Å². The summed E-state index contributed by atoms with van der Waals surface area (Å²) in [4.78, 5) is 1.10. The predicted molar refractivity (Wildman–Crippen MR) is 75.7 cm³/mol. The molecule has 1 aromatic heterocycles. The summed E-state index contributed by atoms with van der Waals surface area (Å²) in [5, 5.41) is 0. The fourth-order valence-electron chi connectivity index (χ4n) is 1.43. The first-order valence-corrected chi connectivity index (χ1v) is 7.03. The van der Waals surface area contributed by atoms with Gasteiger partial charge in [0.05, 0.1) is 4.34 Å². The Kier molecular flexibility index (Phi) is 4.45. The number of halogens is 2. The van der Waals surface area contributed by atoms with E-state index in [9.17, 15) is 0 Å². The Hall–Kier alpha value is -0.550. The number of nitrogens with two attached hydrogens (primary N) is 1. The Morgan fingerprint density at radius 1 is 1.29 bits per heavy atom. The first-order valence-electron chi connectivity index (χ1n) is 5.04. The quantitative estimate of drug-likeness (QED) is 0.910. The number of thiophene rings is 1. The second-order valence-corrected chi connectivity index (χ2v) is 6.17. The largest absolute Gasteiger partial charge is 0.488 e. The molecule has 0 spiro atoms. The Balaban J connectivity index is 2.08. The topological polar surface area (TPSA) is 35.2 Å². The minimum Gasteiger partial charge on any atom is -0.488 e. The van der Waals surface area contributed by atoms with E-state index in [1.54, 1.807) is 0 Å². The van der Waals surface area contributed by atoms with Crippen molar-refractivity contribution in [1.29, 1.82) is 0 Å². The molecule has 2 rings (SSSR count). The summed E-state index contributed by atoms with van der Waals surface area (Å²) < 4.78 is 7.51. The van der Waals surface area contributed by atoms with Crippen molar-refractivity contribution in [2.24, 2.45) is 5.73 Å². The van der Waals surface area contributed by atoms with Crippen LogP contribution < -0.4 is 10.5 Å². The van der Waals surface area contributed by atoms with Crippen LogP contribution in [0.3, 0.4) is 0 Å². The molecule has 0 bridgehead atoms. The van der Waals surface area contributed by atoms with Gasteiger partial charge in [0.15, 0.2) is 0 Å². The van der Waals surface area contributed by atoms with Crippen LogP contribution in [0.4, 0.5) is 0 Å². The highest BCUT2D eigenvalue weighted by Gasteiger charge is 2.04. The number of ether oxygens (including phenoxy) is 1. The predicted octanol–water partition coefficient (Wildman–Crippen LogP) is 4.20. The third-order valence-electron chi connectivity index (χ3n) is 2.24. The van der Waals surface area contributed by atoms with E-state index in [-0.39, 0.29) is 0 Å². The molecule has 2 nitrogen and oxygen atoms in total. The van der Waals surface area contributed by atoms with Crippen LogP contribution in [0.25, 0.3) is 0 Å². The Bertz CT molecular complexity index is 515. The van der Waals surface area contributed by atoms with Crippen molar-refractivity contribution in [3.8, 4) is 5.75 Å². The van der Waals surface area contributed by atoms with Crippen LogP contribution in [0.15, 0.2) is 34.8 Å². The van der Waals surface area contributed by atoms with Crippen LogP contribution in [0.1, 0.15) is 10.4 Å². The van der Waals surface area contributed by atoms with Crippen molar-refractivity contribution in [3.63, 3.8) is 0 Å². The SMILES string of the molecule is NCc1cc(Br)ccc1OCc1ccc(Cl)s1. The van der Waals surface area contributed by atoms with E-state index in [0.29, 0.717) is 13.2 Å². The van der Waals surface area contributed by atoms with Crippen LogP contribution in [0.5, 0.6) is 5.75 Å². The zero-order valence-corrected chi connectivity index (χ0v) is 12.1. The molecule has 0 fully saturated rings. The molecule has 0 saturated carbocycles. The van der Waals surface area contributed by atoms with Crippen LogP contribution in [0, 0.1) is 0 Å². The molecule has 0 aliphatic carbocycles. The molecule has 90 valence electrons. The van der Waals surface area contributed by atoms with E-state index in [1.807, 2.05) is 30.3 Å². The number of rotatable bonds is 4. The molecule has 2 N–H and O–H groups in total. The van der Waals surface area contributed by atoms with E-state index in [0.717, 1.165) is 25.0 Å². The van der Waals surface area contributed by atoms with Gasteiger partial charge in [0, 0.05) is 21.5 Å². The number of hydrogen-bond donors (Lipinski definition) is 1. The molecule has 2 aromatic rings. The van der Waals surface area contributed by atoms with Crippen LogP contribution in [-0.4, -0.2) is 0 Å². The van der Waals surface area contributed by atoms with Gasteiger partial charge in [-0.25, -0.2) is 0 Å². The molecule has 17 heavy (non-hydrogen) atoms. The van der Waals surface area contributed by atoms with E-state index < -0.39 is 0 Å². The van der Waals surface area contributed by atoms with Crippen molar-refractivity contribution in [2.45, 2.75) is 13.2 Å². The minimum atomic E-state index is 0.458. The summed E-state index contributed by atoms with van der Waals surface area (Å²) in [6, 6.07) is 9.67. The van der Waals surface area contributed by atoms with Gasteiger partial charge in [-0.3, -0.25) is 0 Å². The average molecular weight is 333 g/mol. The lowest BCUT2D eigenvalue weighted by molar-refractivity contribution is 0.306. The zero-order valence-electron chi connectivity index (χ0n) is 8.95. The molecule has 0 atom stereocenters. The summed E-state index contributed by atoms with van der Waals surface area (Å²) in [5.74, 6) is 0.820. The molecular weight excluding hydrogens is 322 g/mol. The molecule has 0 aliphatic rings. The second kappa shape index (κ2) is 5.87. The number of hydrogen-bond acceptors (Lipinski definition) is 3. The Morgan fingerprint density at radius 3 is 2.76 bits per heavy atom. The highest BCUT2D eigenvalue weighted by molar-refractivity contribution is 9.10. The maximum absolute atomic E-state index is 5.86. The highest BCUT2D eigenvalue weighted by atomic mass is 79.9. The van der Waals surface area contributed by atoms with E-state index in [1.165, 1.54) is 11.3 Å². The summed E-state index contributed by atoms with van der Waals surface area (Å²) >= 11 is 10.8. The van der Waals surface area contributed by atoms with Crippen LogP contribution in [-0.2, 0) is 13.2 Å². The zero-order chi connectivity index (χ0) is 12.3. The van der Waals surface area contributed by atoms with Crippen LogP contribution in [0.2, 0.25) is 4.34 Å². The lowest BCUT2D eigenvalue weighted by Gasteiger charge is -2.09. The smallest absolute Gasteiger partial charge is 0.124 e. The van der Waals surface area contributed by atoms with Gasteiger partial charge in [-0.15, -0.1) is 11.3 Å². The summed E-state index contributed by atoms with van der Waals surface area (Å²) in [6.07, 6.45) is 0. The summed E-state index contributed by atoms with van der Waals surface area (Å²) in [7, 11) is 0. The first kappa shape index (κ1) is 12.9. The first-order chi connectivity index (χ1) is 8.19. The lowest BCUT2D eigenvalue weighted by Crippen LogP contribution is -2.02. The molecule has 0 aliphatic heterocycles. The number of benzene rings is 1. The maximum Gasteiger partial charge on any atom is 0.124 e.